The van der Waals surface area contributed by atoms with Crippen molar-refractivity contribution < 1.29 is 14.3 Å². The zero-order chi connectivity index (χ0) is 20.5. The van der Waals surface area contributed by atoms with Crippen molar-refractivity contribution in [1.82, 2.24) is 20.1 Å². The van der Waals surface area contributed by atoms with Crippen molar-refractivity contribution in [1.29, 1.82) is 0 Å². The number of hydrogen-bond donors (Lipinski definition) is 2. The minimum Gasteiger partial charge on any atom is -0.454 e. The number of fused-ring (bicyclic) bond motifs is 1. The number of carbonyl (C=O) groups excluding carboxylic acids is 1. The fraction of sp³-hybridized carbons (Fsp3) is 0.130. The molecule has 3 heterocycles. The molecule has 1 aliphatic rings. The fourth-order valence-corrected chi connectivity index (χ4v) is 3.46. The average Bonchev–Trinajstić information content (AvgIpc) is 3.54. The highest BCUT2D eigenvalue weighted by atomic mass is 16.7. The monoisotopic (exact) mass is 400 g/mol. The van der Waals surface area contributed by atoms with E-state index in [1.807, 2.05) is 72.4 Å². The summed E-state index contributed by atoms with van der Waals surface area (Å²) in [4.78, 5) is 12.7. The van der Waals surface area contributed by atoms with Gasteiger partial charge in [0, 0.05) is 23.6 Å². The molecule has 1 atom stereocenters. The topological polar surface area (TPSA) is 81.2 Å². The van der Waals surface area contributed by atoms with E-state index < -0.39 is 0 Å². The van der Waals surface area contributed by atoms with E-state index in [0.717, 1.165) is 16.8 Å². The number of benzene rings is 2. The number of carbonyl (C=O) groups is 1. The lowest BCUT2D eigenvalue weighted by Crippen LogP contribution is -2.27. The molecule has 0 fully saturated rings. The molecule has 2 N–H and O–H groups in total. The summed E-state index contributed by atoms with van der Waals surface area (Å²) in [6.45, 7) is 2.18. The summed E-state index contributed by atoms with van der Waals surface area (Å²) in [5.74, 6) is 1.18. The Morgan fingerprint density at radius 3 is 2.77 bits per heavy atom. The third kappa shape index (κ3) is 3.41. The molecule has 0 saturated heterocycles. The van der Waals surface area contributed by atoms with Gasteiger partial charge in [0.25, 0.3) is 5.91 Å². The molecule has 0 aliphatic carbocycles. The van der Waals surface area contributed by atoms with Crippen LogP contribution in [0.25, 0.3) is 16.9 Å². The van der Waals surface area contributed by atoms with Gasteiger partial charge in [-0.1, -0.05) is 12.1 Å². The third-order valence-electron chi connectivity index (χ3n) is 5.11. The normalized spacial score (nSPS) is 13.2. The maximum absolute atomic E-state index is 12.7. The van der Waals surface area contributed by atoms with Crippen molar-refractivity contribution in [2.24, 2.45) is 0 Å². The number of H-pyrrole nitrogens is 1. The number of nitrogens with zero attached hydrogens (tertiary/aromatic N) is 2. The summed E-state index contributed by atoms with van der Waals surface area (Å²) >= 11 is 0. The van der Waals surface area contributed by atoms with Crippen molar-refractivity contribution in [2.45, 2.75) is 13.0 Å². The van der Waals surface area contributed by atoms with Gasteiger partial charge in [-0.3, -0.25) is 9.89 Å². The molecular weight excluding hydrogens is 380 g/mol. The third-order valence-corrected chi connectivity index (χ3v) is 5.11. The second-order valence-electron chi connectivity index (χ2n) is 7.12. The van der Waals surface area contributed by atoms with Crippen molar-refractivity contribution in [3.05, 3.63) is 84.3 Å². The van der Waals surface area contributed by atoms with Crippen LogP contribution >= 0.6 is 0 Å². The zero-order valence-corrected chi connectivity index (χ0v) is 16.3. The maximum atomic E-state index is 12.7. The van der Waals surface area contributed by atoms with Crippen molar-refractivity contribution in [2.75, 3.05) is 6.79 Å². The van der Waals surface area contributed by atoms with E-state index in [1.54, 1.807) is 6.07 Å². The highest BCUT2D eigenvalue weighted by Crippen LogP contribution is 2.35. The van der Waals surface area contributed by atoms with Gasteiger partial charge >= 0.3 is 0 Å². The summed E-state index contributed by atoms with van der Waals surface area (Å²) in [6.07, 6.45) is 3.98. The average molecular weight is 400 g/mol. The molecule has 2 aromatic heterocycles. The van der Waals surface area contributed by atoms with E-state index in [2.05, 4.69) is 21.6 Å². The molecule has 0 radical (unpaired) electrons. The zero-order valence-electron chi connectivity index (χ0n) is 16.3. The molecule has 0 saturated carbocycles. The summed E-state index contributed by atoms with van der Waals surface area (Å²) in [5.41, 5.74) is 3.98. The van der Waals surface area contributed by atoms with Gasteiger partial charge in [-0.15, -0.1) is 0 Å². The quantitative estimate of drug-likeness (QED) is 0.529. The standard InChI is InChI=1S/C23H20N4O3/c1-15(16-5-4-6-18(11-16)27-9-2-3-10-27)24-23(28)20-13-19(25-26-20)17-7-8-21-22(12-17)30-14-29-21/h2-13,15H,14H2,1H3,(H,24,28)(H,25,26). The molecule has 0 spiro atoms. The van der Waals surface area contributed by atoms with Gasteiger partial charge in [-0.05, 0) is 61.0 Å². The number of nitrogens with one attached hydrogen (secondary N) is 2. The Morgan fingerprint density at radius 1 is 1.07 bits per heavy atom. The number of rotatable bonds is 5. The lowest BCUT2D eigenvalue weighted by Gasteiger charge is -2.15. The first-order valence-corrected chi connectivity index (χ1v) is 9.67. The number of ether oxygens (including phenoxy) is 2. The summed E-state index contributed by atoms with van der Waals surface area (Å²) in [7, 11) is 0. The Kier molecular flexibility index (Phi) is 4.48. The Hall–Kier alpha value is -4.00. The van der Waals surface area contributed by atoms with Gasteiger partial charge in [-0.2, -0.15) is 5.10 Å². The molecule has 1 aliphatic heterocycles. The Labute approximate surface area is 173 Å². The van der Waals surface area contributed by atoms with E-state index in [0.29, 0.717) is 22.9 Å². The number of aromatic nitrogens is 3. The SMILES string of the molecule is CC(NC(=O)c1cc(-c2ccc3c(c2)OCO3)n[nH]1)c1cccc(-n2cccc2)c1. The fourth-order valence-electron chi connectivity index (χ4n) is 3.46. The van der Waals surface area contributed by atoms with Crippen LogP contribution in [-0.2, 0) is 0 Å². The van der Waals surface area contributed by atoms with Gasteiger partial charge in [-0.25, -0.2) is 0 Å². The Balaban J connectivity index is 1.31. The van der Waals surface area contributed by atoms with E-state index in [1.165, 1.54) is 0 Å². The van der Waals surface area contributed by atoms with Crippen molar-refractivity contribution >= 4 is 5.91 Å². The molecular formula is C23H20N4O3. The smallest absolute Gasteiger partial charge is 0.269 e. The van der Waals surface area contributed by atoms with E-state index in [9.17, 15) is 4.79 Å². The number of aromatic amines is 1. The maximum Gasteiger partial charge on any atom is 0.269 e. The minimum absolute atomic E-state index is 0.162. The van der Waals surface area contributed by atoms with Gasteiger partial charge < -0.3 is 19.4 Å². The van der Waals surface area contributed by atoms with Crippen LogP contribution in [0.2, 0.25) is 0 Å². The van der Waals surface area contributed by atoms with Crippen LogP contribution in [0.15, 0.2) is 73.1 Å². The Morgan fingerprint density at radius 2 is 1.90 bits per heavy atom. The summed E-state index contributed by atoms with van der Waals surface area (Å²) in [6, 6.07) is 19.2. The Bertz CT molecular complexity index is 1200. The molecule has 1 unspecified atom stereocenters. The highest BCUT2D eigenvalue weighted by Gasteiger charge is 2.18. The van der Waals surface area contributed by atoms with Gasteiger partial charge in [0.05, 0.1) is 11.7 Å². The van der Waals surface area contributed by atoms with Crippen LogP contribution in [0, 0.1) is 0 Å². The lowest BCUT2D eigenvalue weighted by molar-refractivity contribution is 0.0935. The lowest BCUT2D eigenvalue weighted by atomic mass is 10.1. The van der Waals surface area contributed by atoms with E-state index >= 15 is 0 Å². The van der Waals surface area contributed by atoms with Gasteiger partial charge in [0.1, 0.15) is 5.69 Å². The number of hydrogen-bond acceptors (Lipinski definition) is 4. The predicted molar refractivity (Wildman–Crippen MR) is 112 cm³/mol. The first kappa shape index (κ1) is 18.1. The molecule has 0 bridgehead atoms. The molecule has 5 rings (SSSR count). The second kappa shape index (κ2) is 7.44. The highest BCUT2D eigenvalue weighted by molar-refractivity contribution is 5.93. The largest absolute Gasteiger partial charge is 0.454 e. The summed E-state index contributed by atoms with van der Waals surface area (Å²) in [5, 5.41) is 10.1. The van der Waals surface area contributed by atoms with Gasteiger partial charge in [0.15, 0.2) is 11.5 Å². The van der Waals surface area contributed by atoms with Gasteiger partial charge in [0.2, 0.25) is 6.79 Å². The predicted octanol–water partition coefficient (Wildman–Crippen LogP) is 4.09. The molecule has 7 nitrogen and oxygen atoms in total. The molecule has 2 aromatic carbocycles. The molecule has 30 heavy (non-hydrogen) atoms. The molecule has 7 heteroatoms. The van der Waals surface area contributed by atoms with E-state index in [-0.39, 0.29) is 18.7 Å². The molecule has 150 valence electrons. The summed E-state index contributed by atoms with van der Waals surface area (Å²) < 4.78 is 12.8. The van der Waals surface area contributed by atoms with Crippen LogP contribution in [0.1, 0.15) is 29.0 Å². The second-order valence-corrected chi connectivity index (χ2v) is 7.12. The van der Waals surface area contributed by atoms with Crippen LogP contribution in [0.4, 0.5) is 0 Å². The van der Waals surface area contributed by atoms with Crippen molar-refractivity contribution in [3.8, 4) is 28.4 Å². The molecule has 1 amide bonds. The van der Waals surface area contributed by atoms with Crippen LogP contribution in [-0.4, -0.2) is 27.5 Å². The van der Waals surface area contributed by atoms with Crippen LogP contribution < -0.4 is 14.8 Å². The first-order valence-electron chi connectivity index (χ1n) is 9.67. The minimum atomic E-state index is -0.214. The van der Waals surface area contributed by atoms with Crippen LogP contribution in [0.3, 0.4) is 0 Å². The number of amides is 1. The van der Waals surface area contributed by atoms with E-state index in [4.69, 9.17) is 9.47 Å². The first-order chi connectivity index (χ1) is 14.7. The molecule has 4 aromatic rings. The van der Waals surface area contributed by atoms with Crippen molar-refractivity contribution in [3.63, 3.8) is 0 Å². The van der Waals surface area contributed by atoms with Crippen LogP contribution in [0.5, 0.6) is 11.5 Å².